The predicted molar refractivity (Wildman–Crippen MR) is 66.6 cm³/mol. The number of hydrogen-bond donors (Lipinski definition) is 0. The van der Waals surface area contributed by atoms with Gasteiger partial charge < -0.3 is 0 Å². The van der Waals surface area contributed by atoms with Crippen LogP contribution in [0.15, 0.2) is 18.2 Å². The molecule has 0 aliphatic carbocycles. The third-order valence-corrected chi connectivity index (χ3v) is 2.88. The number of nitro groups is 1. The van der Waals surface area contributed by atoms with Gasteiger partial charge in [-0.25, -0.2) is 9.67 Å². The van der Waals surface area contributed by atoms with Crippen molar-refractivity contribution in [2.45, 2.75) is 19.5 Å². The molecular formula is C12H11F3N4O2. The Balaban J connectivity index is 2.27. The molecule has 2 aromatic rings. The Labute approximate surface area is 117 Å². The zero-order chi connectivity index (χ0) is 15.8. The van der Waals surface area contributed by atoms with E-state index in [4.69, 9.17) is 0 Å². The van der Waals surface area contributed by atoms with Gasteiger partial charge in [0.25, 0.3) is 5.69 Å². The van der Waals surface area contributed by atoms with Gasteiger partial charge in [-0.3, -0.25) is 10.1 Å². The van der Waals surface area contributed by atoms with Crippen molar-refractivity contribution in [3.8, 4) is 0 Å². The molecule has 0 unspecified atom stereocenters. The predicted octanol–water partition coefficient (Wildman–Crippen LogP) is 2.64. The molecular weight excluding hydrogens is 289 g/mol. The third kappa shape index (κ3) is 3.18. The minimum Gasteiger partial charge on any atom is -0.258 e. The first kappa shape index (κ1) is 14.9. The SMILES string of the molecule is Cc1cc(Cc2nc(C(F)(F)F)n(C)n2)ccc1[N+](=O)[O-]. The van der Waals surface area contributed by atoms with E-state index >= 15 is 0 Å². The summed E-state index contributed by atoms with van der Waals surface area (Å²) in [7, 11) is 1.17. The summed E-state index contributed by atoms with van der Waals surface area (Å²) >= 11 is 0. The molecule has 9 heteroatoms. The molecule has 0 aliphatic heterocycles. The van der Waals surface area contributed by atoms with Gasteiger partial charge >= 0.3 is 6.18 Å². The molecule has 112 valence electrons. The molecule has 0 amide bonds. The van der Waals surface area contributed by atoms with Gasteiger partial charge in [-0.05, 0) is 18.6 Å². The van der Waals surface area contributed by atoms with Crippen molar-refractivity contribution >= 4 is 5.69 Å². The van der Waals surface area contributed by atoms with Crippen LogP contribution in [-0.4, -0.2) is 19.7 Å². The Morgan fingerprint density at radius 3 is 2.52 bits per heavy atom. The van der Waals surface area contributed by atoms with Gasteiger partial charge in [-0.2, -0.15) is 18.3 Å². The molecule has 0 saturated carbocycles. The lowest BCUT2D eigenvalue weighted by molar-refractivity contribution is -0.385. The Morgan fingerprint density at radius 2 is 2.05 bits per heavy atom. The molecule has 2 rings (SSSR count). The second-order valence-corrected chi connectivity index (χ2v) is 4.53. The van der Waals surface area contributed by atoms with E-state index in [-0.39, 0.29) is 17.9 Å². The summed E-state index contributed by atoms with van der Waals surface area (Å²) in [5.41, 5.74) is 1.01. The number of nitrogens with zero attached hydrogens (tertiary/aromatic N) is 4. The second kappa shape index (κ2) is 5.15. The van der Waals surface area contributed by atoms with Crippen LogP contribution in [0.4, 0.5) is 18.9 Å². The van der Waals surface area contributed by atoms with Gasteiger partial charge in [0.05, 0.1) is 4.92 Å². The number of aryl methyl sites for hydroxylation is 2. The number of halogens is 3. The fourth-order valence-electron chi connectivity index (χ4n) is 1.97. The molecule has 0 N–H and O–H groups in total. The number of nitro benzene ring substituents is 1. The Kier molecular flexibility index (Phi) is 3.67. The minimum absolute atomic E-state index is 0.0121. The lowest BCUT2D eigenvalue weighted by Gasteiger charge is -2.02. The summed E-state index contributed by atoms with van der Waals surface area (Å²) < 4.78 is 38.5. The van der Waals surface area contributed by atoms with Crippen LogP contribution in [0.3, 0.4) is 0 Å². The largest absolute Gasteiger partial charge is 0.451 e. The highest BCUT2D eigenvalue weighted by Gasteiger charge is 2.37. The maximum Gasteiger partial charge on any atom is 0.451 e. The lowest BCUT2D eigenvalue weighted by Crippen LogP contribution is -2.13. The van der Waals surface area contributed by atoms with Crippen LogP contribution in [0.1, 0.15) is 22.8 Å². The van der Waals surface area contributed by atoms with Crippen molar-refractivity contribution in [3.05, 3.63) is 51.1 Å². The van der Waals surface area contributed by atoms with Crippen molar-refractivity contribution in [2.75, 3.05) is 0 Å². The molecule has 1 aromatic carbocycles. The summed E-state index contributed by atoms with van der Waals surface area (Å²) in [6.45, 7) is 1.56. The number of aromatic nitrogens is 3. The average molecular weight is 300 g/mol. The van der Waals surface area contributed by atoms with Crippen molar-refractivity contribution in [3.63, 3.8) is 0 Å². The second-order valence-electron chi connectivity index (χ2n) is 4.53. The average Bonchev–Trinajstić information content (AvgIpc) is 2.69. The van der Waals surface area contributed by atoms with Crippen LogP contribution in [0, 0.1) is 17.0 Å². The zero-order valence-electron chi connectivity index (χ0n) is 11.2. The smallest absolute Gasteiger partial charge is 0.258 e. The first-order chi connectivity index (χ1) is 9.68. The number of rotatable bonds is 3. The molecule has 6 nitrogen and oxygen atoms in total. The monoisotopic (exact) mass is 300 g/mol. The summed E-state index contributed by atoms with van der Waals surface area (Å²) in [6, 6.07) is 4.34. The molecule has 0 aliphatic rings. The zero-order valence-corrected chi connectivity index (χ0v) is 11.2. The maximum absolute atomic E-state index is 12.6. The molecule has 0 bridgehead atoms. The normalized spacial score (nSPS) is 11.7. The number of benzene rings is 1. The van der Waals surface area contributed by atoms with Crippen LogP contribution in [0.25, 0.3) is 0 Å². The Morgan fingerprint density at radius 1 is 1.38 bits per heavy atom. The molecule has 1 heterocycles. The molecule has 0 fully saturated rings. The molecule has 0 atom stereocenters. The van der Waals surface area contributed by atoms with Crippen LogP contribution < -0.4 is 0 Å². The minimum atomic E-state index is -4.56. The highest BCUT2D eigenvalue weighted by atomic mass is 19.4. The molecule has 0 saturated heterocycles. The Bertz CT molecular complexity index is 694. The molecule has 0 radical (unpaired) electrons. The summed E-state index contributed by atoms with van der Waals surface area (Å²) in [5, 5.41) is 14.4. The fraction of sp³-hybridized carbons (Fsp3) is 0.333. The van der Waals surface area contributed by atoms with E-state index in [0.717, 1.165) is 0 Å². The van der Waals surface area contributed by atoms with E-state index in [0.29, 0.717) is 15.8 Å². The summed E-state index contributed by atoms with van der Waals surface area (Å²) in [5.74, 6) is -1.06. The van der Waals surface area contributed by atoms with E-state index in [1.165, 1.54) is 19.2 Å². The van der Waals surface area contributed by atoms with Crippen LogP contribution in [-0.2, 0) is 19.6 Å². The molecule has 21 heavy (non-hydrogen) atoms. The number of hydrogen-bond acceptors (Lipinski definition) is 4. The Hall–Kier alpha value is -2.45. The maximum atomic E-state index is 12.6. The fourth-order valence-corrected chi connectivity index (χ4v) is 1.97. The van der Waals surface area contributed by atoms with Gasteiger partial charge in [0, 0.05) is 25.1 Å². The van der Waals surface area contributed by atoms with E-state index in [1.54, 1.807) is 13.0 Å². The van der Waals surface area contributed by atoms with Crippen LogP contribution >= 0.6 is 0 Å². The third-order valence-electron chi connectivity index (χ3n) is 2.88. The van der Waals surface area contributed by atoms with E-state index in [2.05, 4.69) is 10.1 Å². The van der Waals surface area contributed by atoms with Crippen LogP contribution in [0.2, 0.25) is 0 Å². The van der Waals surface area contributed by atoms with Crippen molar-refractivity contribution in [1.29, 1.82) is 0 Å². The summed E-state index contributed by atoms with van der Waals surface area (Å²) in [4.78, 5) is 13.6. The van der Waals surface area contributed by atoms with Crippen molar-refractivity contribution < 1.29 is 18.1 Å². The van der Waals surface area contributed by atoms with Gasteiger partial charge in [0.2, 0.25) is 5.82 Å². The van der Waals surface area contributed by atoms with E-state index in [9.17, 15) is 23.3 Å². The topological polar surface area (TPSA) is 73.8 Å². The quantitative estimate of drug-likeness (QED) is 0.645. The molecule has 1 aromatic heterocycles. The van der Waals surface area contributed by atoms with Crippen LogP contribution in [0.5, 0.6) is 0 Å². The van der Waals surface area contributed by atoms with Gasteiger partial charge in [0.15, 0.2) is 5.82 Å². The summed E-state index contributed by atoms with van der Waals surface area (Å²) in [6.07, 6.45) is -4.49. The van der Waals surface area contributed by atoms with Gasteiger partial charge in [-0.15, -0.1) is 0 Å². The number of alkyl halides is 3. The van der Waals surface area contributed by atoms with Gasteiger partial charge in [0.1, 0.15) is 0 Å². The standard InChI is InChI=1S/C12H11F3N4O2/c1-7-5-8(3-4-9(7)19(20)21)6-10-16-11(12(13,14)15)18(2)17-10/h3-5H,6H2,1-2H3. The molecule has 0 spiro atoms. The first-order valence-electron chi connectivity index (χ1n) is 5.89. The van der Waals surface area contributed by atoms with Crippen molar-refractivity contribution in [2.24, 2.45) is 7.05 Å². The first-order valence-corrected chi connectivity index (χ1v) is 5.89. The lowest BCUT2D eigenvalue weighted by atomic mass is 10.1. The van der Waals surface area contributed by atoms with E-state index in [1.807, 2.05) is 0 Å². The highest BCUT2D eigenvalue weighted by molar-refractivity contribution is 5.42. The van der Waals surface area contributed by atoms with E-state index < -0.39 is 16.9 Å². The highest BCUT2D eigenvalue weighted by Crippen LogP contribution is 2.27. The van der Waals surface area contributed by atoms with Crippen molar-refractivity contribution in [1.82, 2.24) is 14.8 Å². The van der Waals surface area contributed by atoms with Gasteiger partial charge in [-0.1, -0.05) is 6.07 Å².